The van der Waals surface area contributed by atoms with Crippen molar-refractivity contribution in [2.45, 2.75) is 62.9 Å². The summed E-state index contributed by atoms with van der Waals surface area (Å²) in [6.07, 6.45) is -6.25. The maximum atomic E-state index is 15.0. The van der Waals surface area contributed by atoms with E-state index in [-0.39, 0.29) is 43.0 Å². The summed E-state index contributed by atoms with van der Waals surface area (Å²) < 4.78 is 71.6. The second-order valence-corrected chi connectivity index (χ2v) is 11.7. The highest BCUT2D eigenvalue weighted by atomic mass is 35.5. The summed E-state index contributed by atoms with van der Waals surface area (Å²) in [6.45, 7) is -0.130. The van der Waals surface area contributed by atoms with Gasteiger partial charge in [0.2, 0.25) is 0 Å². The Balaban J connectivity index is 1.53. The molecule has 48 heavy (non-hydrogen) atoms. The second kappa shape index (κ2) is 14.1. The average Bonchev–Trinajstić information content (AvgIpc) is 3.48. The van der Waals surface area contributed by atoms with Crippen molar-refractivity contribution in [1.29, 1.82) is 5.26 Å². The minimum Gasteiger partial charge on any atom is -0.469 e. The number of alkyl halides is 3. The van der Waals surface area contributed by atoms with E-state index in [0.717, 1.165) is 6.07 Å². The number of carbonyl (C=O) groups is 3. The number of hydrogen-bond acceptors (Lipinski definition) is 9. The van der Waals surface area contributed by atoms with Crippen LogP contribution in [0.3, 0.4) is 0 Å². The Morgan fingerprint density at radius 1 is 1.15 bits per heavy atom. The van der Waals surface area contributed by atoms with Gasteiger partial charge < -0.3 is 24.5 Å². The molecule has 2 aromatic carbocycles. The van der Waals surface area contributed by atoms with Crippen LogP contribution in [0.15, 0.2) is 30.3 Å². The summed E-state index contributed by atoms with van der Waals surface area (Å²) in [6, 6.07) is 6.80. The lowest BCUT2D eigenvalue weighted by atomic mass is 9.96. The quantitative estimate of drug-likeness (QED) is 0.171. The van der Waals surface area contributed by atoms with E-state index < -0.39 is 64.4 Å². The molecule has 254 valence electrons. The minimum absolute atomic E-state index is 0.0355. The molecule has 2 aliphatic heterocycles. The monoisotopic (exact) mass is 691 g/mol. The average molecular weight is 692 g/mol. The first-order valence-electron chi connectivity index (χ1n) is 14.9. The topological polar surface area (TPSA) is 147 Å². The van der Waals surface area contributed by atoms with E-state index in [1.54, 1.807) is 18.2 Å². The van der Waals surface area contributed by atoms with Crippen molar-refractivity contribution < 1.29 is 46.2 Å². The van der Waals surface area contributed by atoms with Crippen LogP contribution in [0, 0.1) is 17.1 Å². The molecule has 2 aliphatic rings. The molecule has 2 N–H and O–H groups in total. The number of carbonyl (C=O) groups excluding carboxylic acids is 3. The number of halogens is 5. The van der Waals surface area contributed by atoms with Gasteiger partial charge in [-0.1, -0.05) is 36.6 Å². The van der Waals surface area contributed by atoms with Gasteiger partial charge in [-0.05, 0) is 36.6 Å². The molecular formula is C32H30ClF4N5O6. The van der Waals surface area contributed by atoms with Gasteiger partial charge in [0, 0.05) is 29.8 Å². The van der Waals surface area contributed by atoms with Crippen LogP contribution >= 0.6 is 11.6 Å². The largest absolute Gasteiger partial charge is 0.469 e. The molecule has 11 nitrogen and oxygen atoms in total. The number of aromatic nitrogens is 2. The fourth-order valence-electron chi connectivity index (χ4n) is 6.02. The van der Waals surface area contributed by atoms with Crippen LogP contribution in [0.2, 0.25) is 5.02 Å². The number of benzene rings is 2. The number of rotatable bonds is 5. The van der Waals surface area contributed by atoms with Gasteiger partial charge in [0.05, 0.1) is 43.0 Å². The second-order valence-electron chi connectivity index (χ2n) is 11.3. The van der Waals surface area contributed by atoms with Crippen molar-refractivity contribution in [3.05, 3.63) is 69.4 Å². The molecule has 0 spiro atoms. The number of nitriles is 1. The number of esters is 2. The Kier molecular flexibility index (Phi) is 10.1. The number of amides is 1. The van der Waals surface area contributed by atoms with Gasteiger partial charge in [0.15, 0.2) is 5.69 Å². The lowest BCUT2D eigenvalue weighted by Gasteiger charge is -2.37. The Morgan fingerprint density at radius 2 is 1.90 bits per heavy atom. The number of H-pyrrole nitrogens is 1. The van der Waals surface area contributed by atoms with Crippen LogP contribution in [0.25, 0.3) is 11.3 Å². The molecule has 1 amide bonds. The number of nitrogens with one attached hydrogen (secondary N) is 2. The standard InChI is InChI=1S/C32H30ClF4N5O6/c1-46-25(43)14-16-7-8-17-21(13-16)39-20(30(44)47-2)5-3-4-6-23(29-40-22(15-38)28(17)41-29)42-12-11-24(48-31(42)45)26-18(32(35,36)37)9-10-19(33)27(26)34/h7-10,13,20,23-24,39H,3-6,11-12,14H2,1-2H3,(H,40,41)/t20-,23+,24?/m1/s1. The van der Waals surface area contributed by atoms with E-state index >= 15 is 0 Å². The van der Waals surface area contributed by atoms with Crippen LogP contribution < -0.4 is 5.32 Å². The Morgan fingerprint density at radius 3 is 2.56 bits per heavy atom. The highest BCUT2D eigenvalue weighted by Crippen LogP contribution is 2.43. The van der Waals surface area contributed by atoms with Crippen LogP contribution in [0.5, 0.6) is 0 Å². The number of ether oxygens (including phenoxy) is 3. The predicted octanol–water partition coefficient (Wildman–Crippen LogP) is 6.63. The summed E-state index contributed by atoms with van der Waals surface area (Å²) in [7, 11) is 2.51. The van der Waals surface area contributed by atoms with Gasteiger partial charge in [0.25, 0.3) is 0 Å². The summed E-state index contributed by atoms with van der Waals surface area (Å²) in [5.74, 6) is -2.13. The minimum atomic E-state index is -4.93. The van der Waals surface area contributed by atoms with Crippen LogP contribution in [-0.4, -0.2) is 59.7 Å². The van der Waals surface area contributed by atoms with Crippen molar-refractivity contribution >= 4 is 35.3 Å². The Hall–Kier alpha value is -4.84. The van der Waals surface area contributed by atoms with Crippen molar-refractivity contribution in [2.75, 3.05) is 26.1 Å². The Labute approximate surface area is 277 Å². The van der Waals surface area contributed by atoms with Gasteiger partial charge >= 0.3 is 24.2 Å². The number of cyclic esters (lactones) is 1. The zero-order valence-electron chi connectivity index (χ0n) is 25.7. The fraction of sp³-hybridized carbons (Fsp3) is 0.406. The van der Waals surface area contributed by atoms with Crippen molar-refractivity contribution in [3.63, 3.8) is 0 Å². The third-order valence-electron chi connectivity index (χ3n) is 8.35. The lowest BCUT2D eigenvalue weighted by Crippen LogP contribution is -2.42. The van der Waals surface area contributed by atoms with E-state index in [4.69, 9.17) is 25.8 Å². The first-order valence-corrected chi connectivity index (χ1v) is 15.3. The van der Waals surface area contributed by atoms with E-state index in [2.05, 4.69) is 15.3 Å². The van der Waals surface area contributed by atoms with E-state index in [1.165, 1.54) is 19.1 Å². The maximum absolute atomic E-state index is 15.0. The van der Waals surface area contributed by atoms with Gasteiger partial charge in [-0.25, -0.2) is 19.0 Å². The molecule has 3 atom stereocenters. The zero-order chi connectivity index (χ0) is 34.7. The first-order chi connectivity index (χ1) is 22.9. The molecular weight excluding hydrogens is 662 g/mol. The molecule has 1 aromatic heterocycles. The van der Waals surface area contributed by atoms with E-state index in [9.17, 15) is 37.2 Å². The zero-order valence-corrected chi connectivity index (χ0v) is 26.5. The third kappa shape index (κ3) is 7.03. The number of imidazole rings is 1. The normalized spacial score (nSPS) is 19.8. The molecule has 5 rings (SSSR count). The number of aromatic amines is 1. The van der Waals surface area contributed by atoms with Gasteiger partial charge in [-0.15, -0.1) is 0 Å². The van der Waals surface area contributed by atoms with E-state index in [1.807, 2.05) is 6.07 Å². The highest BCUT2D eigenvalue weighted by Gasteiger charge is 2.42. The van der Waals surface area contributed by atoms with Gasteiger partial charge in [-0.2, -0.15) is 18.4 Å². The number of fused-ring (bicyclic) bond motifs is 4. The van der Waals surface area contributed by atoms with Gasteiger partial charge in [0.1, 0.15) is 29.9 Å². The molecule has 0 aliphatic carbocycles. The summed E-state index contributed by atoms with van der Waals surface area (Å²) >= 11 is 5.81. The van der Waals surface area contributed by atoms with E-state index in [0.29, 0.717) is 42.1 Å². The molecule has 16 heteroatoms. The predicted molar refractivity (Wildman–Crippen MR) is 162 cm³/mol. The highest BCUT2D eigenvalue weighted by molar-refractivity contribution is 6.30. The fourth-order valence-corrected chi connectivity index (χ4v) is 6.18. The molecule has 2 bridgehead atoms. The number of hydrogen-bond donors (Lipinski definition) is 2. The first kappa shape index (κ1) is 34.5. The molecule has 0 saturated carbocycles. The Bertz CT molecular complexity index is 1770. The SMILES string of the molecule is COC(=O)Cc1ccc2c(c1)N[C@@H](C(=O)OC)CCCC[C@H](N1CCC(c3c(C(F)(F)F)ccc(Cl)c3F)OC1=O)c1nc(C#N)c-2[nH]1. The molecule has 3 heterocycles. The molecule has 1 fully saturated rings. The smallest absolute Gasteiger partial charge is 0.416 e. The summed E-state index contributed by atoms with van der Waals surface area (Å²) in [4.78, 5) is 47.1. The van der Waals surface area contributed by atoms with Crippen molar-refractivity contribution in [2.24, 2.45) is 0 Å². The lowest BCUT2D eigenvalue weighted by molar-refractivity contribution is -0.142. The third-order valence-corrected chi connectivity index (χ3v) is 8.65. The van der Waals surface area contributed by atoms with Crippen LogP contribution in [0.4, 0.5) is 28.0 Å². The summed E-state index contributed by atoms with van der Waals surface area (Å²) in [5.41, 5.74) is -0.518. The number of nitrogens with zero attached hydrogens (tertiary/aromatic N) is 3. The van der Waals surface area contributed by atoms with Crippen molar-refractivity contribution in [1.82, 2.24) is 14.9 Å². The molecule has 1 unspecified atom stereocenters. The van der Waals surface area contributed by atoms with Crippen LogP contribution in [0.1, 0.15) is 72.5 Å². The maximum Gasteiger partial charge on any atom is 0.416 e. The van der Waals surface area contributed by atoms with Gasteiger partial charge in [-0.3, -0.25) is 9.69 Å². The molecule has 3 aromatic rings. The van der Waals surface area contributed by atoms with Crippen molar-refractivity contribution in [3.8, 4) is 17.3 Å². The van der Waals surface area contributed by atoms with Crippen LogP contribution in [-0.2, 0) is 36.4 Å². The molecule has 1 saturated heterocycles. The molecule has 0 radical (unpaired) electrons. The number of anilines is 1. The number of methoxy groups -OCH3 is 2. The summed E-state index contributed by atoms with van der Waals surface area (Å²) in [5, 5.41) is 12.7.